The van der Waals surface area contributed by atoms with Crippen molar-refractivity contribution >= 4 is 68.5 Å². The molecule has 19 nitrogen and oxygen atoms in total. The largest absolute Gasteiger partial charge is 0.497 e. The molecule has 2 aliphatic heterocycles. The van der Waals surface area contributed by atoms with Crippen molar-refractivity contribution in [2.45, 2.75) is 75.5 Å². The quantitative estimate of drug-likeness (QED) is 0.0846. The normalized spacial score (nSPS) is 20.1. The molecule has 83 heavy (non-hydrogen) atoms. The lowest BCUT2D eigenvalue weighted by Crippen LogP contribution is -2.49. The molecule has 20 heteroatoms. The van der Waals surface area contributed by atoms with Crippen LogP contribution < -0.4 is 36.3 Å². The summed E-state index contributed by atoms with van der Waals surface area (Å²) in [6.45, 7) is 9.22. The number of nitrogens with two attached hydrogens (primary N) is 2. The molecule has 12 rings (SSSR count). The Morgan fingerprint density at radius 3 is 1.28 bits per heavy atom. The van der Waals surface area contributed by atoms with Crippen molar-refractivity contribution in [3.05, 3.63) is 126 Å². The predicted octanol–water partition coefficient (Wildman–Crippen LogP) is 10.0. The predicted molar refractivity (Wildman–Crippen MR) is 329 cm³/mol. The van der Waals surface area contributed by atoms with E-state index in [4.69, 9.17) is 37.3 Å². The van der Waals surface area contributed by atoms with Gasteiger partial charge in [-0.15, -0.1) is 0 Å². The van der Waals surface area contributed by atoms with Crippen LogP contribution in [0.1, 0.15) is 84.2 Å². The second kappa shape index (κ2) is 25.4. The molecule has 434 valence electrons. The molecule has 0 atom stereocenters. The summed E-state index contributed by atoms with van der Waals surface area (Å²) in [6.07, 6.45) is 16.5. The Hall–Kier alpha value is -7.81. The number of halogens is 1. The van der Waals surface area contributed by atoms with E-state index in [9.17, 15) is 9.59 Å². The van der Waals surface area contributed by atoms with Crippen LogP contribution in [0.2, 0.25) is 5.02 Å². The summed E-state index contributed by atoms with van der Waals surface area (Å²) in [5.41, 5.74) is 20.5. The van der Waals surface area contributed by atoms with Gasteiger partial charge in [-0.3, -0.25) is 19.4 Å². The van der Waals surface area contributed by atoms with E-state index in [2.05, 4.69) is 85.8 Å². The van der Waals surface area contributed by atoms with Crippen LogP contribution in [0.25, 0.3) is 44.3 Å². The molecule has 4 fully saturated rings. The second-order valence-corrected chi connectivity index (χ2v) is 22.8. The highest BCUT2D eigenvalue weighted by Crippen LogP contribution is 2.43. The van der Waals surface area contributed by atoms with Gasteiger partial charge in [0.2, 0.25) is 0 Å². The zero-order valence-corrected chi connectivity index (χ0v) is 48.8. The van der Waals surface area contributed by atoms with Crippen LogP contribution in [-0.4, -0.2) is 160 Å². The van der Waals surface area contributed by atoms with Gasteiger partial charge in [0, 0.05) is 116 Å². The van der Waals surface area contributed by atoms with Gasteiger partial charge in [-0.25, -0.2) is 19.9 Å². The number of aromatic nitrogens is 6. The van der Waals surface area contributed by atoms with E-state index in [0.717, 1.165) is 122 Å². The maximum Gasteiger partial charge on any atom is 0.255 e. The smallest absolute Gasteiger partial charge is 0.255 e. The van der Waals surface area contributed by atoms with Gasteiger partial charge in [0.25, 0.3) is 11.8 Å². The van der Waals surface area contributed by atoms with Crippen LogP contribution >= 0.6 is 11.6 Å². The number of nitrogens with one attached hydrogen (secondary N) is 2. The number of rotatable bonds is 13. The molecule has 4 aromatic heterocycles. The number of piperazine rings is 2. The fraction of sp³-hybridized carbons (Fsp3) is 0.397. The van der Waals surface area contributed by atoms with E-state index in [1.165, 1.54) is 25.7 Å². The van der Waals surface area contributed by atoms with Crippen LogP contribution in [0.3, 0.4) is 0 Å². The van der Waals surface area contributed by atoms with Crippen molar-refractivity contribution in [2.75, 3.05) is 110 Å². The van der Waals surface area contributed by atoms with Gasteiger partial charge >= 0.3 is 0 Å². The number of nitrogens with zero attached hydrogens (tertiary/aromatic N) is 10. The van der Waals surface area contributed by atoms with E-state index < -0.39 is 0 Å². The SMILES string of the molecule is COc1cc(-c2cn(C3CCC(N4CCN(C)CC4)CC3)c3ncnc(N)c23)ccc1NC(=O)c1ccc(Cl)cc1.COc1ccc(C(=O)Nc2ccc(-c3cn(C4CCC(N5CCN(C)CC5)CC4)c4ncnc(N)c34)cc2OC)cc1. The highest BCUT2D eigenvalue weighted by molar-refractivity contribution is 6.30. The number of fused-ring (bicyclic) bond motifs is 2. The standard InChI is InChI=1S/C32H39N7O3.C31H36ClN7O2/c1-37-14-16-38(17-15-37)23-7-9-24(10-8-23)39-19-26(29-30(33)34-20-35-31(29)39)22-6-13-27(28(18-22)42-3)36-32(40)21-4-11-25(41-2)12-5-21;1-37-13-15-38(16-14-37)23-8-10-24(11-9-23)39-18-25(28-29(33)34-19-35-30(28)39)21-5-12-26(27(17-21)41-2)36-31(40)20-3-6-22(32)7-4-20/h4-6,11-13,18-20,23-24H,7-10,14-17H2,1-3H3,(H,36,40)(H2,33,34,35);3-7,12,17-19,23-24H,8-11,13-16H2,1-2H3,(H,36,40)(H2,33,34,35). The van der Waals surface area contributed by atoms with Crippen LogP contribution in [0.4, 0.5) is 23.0 Å². The highest BCUT2D eigenvalue weighted by atomic mass is 35.5. The average molecular weight is 1140 g/mol. The Morgan fingerprint density at radius 1 is 0.506 bits per heavy atom. The number of anilines is 4. The molecule has 8 aromatic rings. The molecule has 2 saturated carbocycles. The van der Waals surface area contributed by atoms with E-state index >= 15 is 0 Å². The molecule has 6 N–H and O–H groups in total. The molecule has 0 spiro atoms. The fourth-order valence-electron chi connectivity index (χ4n) is 12.6. The van der Waals surface area contributed by atoms with Crippen molar-refractivity contribution in [2.24, 2.45) is 0 Å². The first-order valence-electron chi connectivity index (χ1n) is 28.8. The first-order valence-corrected chi connectivity index (χ1v) is 29.2. The minimum Gasteiger partial charge on any atom is -0.497 e. The van der Waals surface area contributed by atoms with Crippen LogP contribution in [0.15, 0.2) is 110 Å². The van der Waals surface area contributed by atoms with Crippen molar-refractivity contribution in [1.29, 1.82) is 0 Å². The summed E-state index contributed by atoms with van der Waals surface area (Å²) in [5.74, 6) is 2.23. The summed E-state index contributed by atoms with van der Waals surface area (Å²) in [6, 6.07) is 27.3. The first kappa shape index (κ1) is 57.0. The third kappa shape index (κ3) is 12.5. The van der Waals surface area contributed by atoms with E-state index in [1.54, 1.807) is 82.5 Å². The number of nitrogen functional groups attached to an aromatic ring is 2. The Bertz CT molecular complexity index is 3560. The molecule has 6 heterocycles. The Labute approximate surface area is 489 Å². The first-order chi connectivity index (χ1) is 40.4. The number of methoxy groups -OCH3 is 3. The Morgan fingerprint density at radius 2 is 0.892 bits per heavy atom. The second-order valence-electron chi connectivity index (χ2n) is 22.4. The molecular weight excluding hydrogens is 1070 g/mol. The maximum atomic E-state index is 12.9. The summed E-state index contributed by atoms with van der Waals surface area (Å²) < 4.78 is 21.2. The van der Waals surface area contributed by atoms with Crippen molar-refractivity contribution < 1.29 is 23.8 Å². The number of carbonyl (C=O) groups excluding carboxylic acids is 2. The number of hydrogen-bond acceptors (Lipinski definition) is 15. The van der Waals surface area contributed by atoms with Crippen LogP contribution in [-0.2, 0) is 0 Å². The average Bonchev–Trinajstić information content (AvgIpc) is 4.35. The summed E-state index contributed by atoms with van der Waals surface area (Å²) in [5, 5.41) is 8.18. The molecule has 2 aliphatic carbocycles. The zero-order chi connectivity index (χ0) is 57.7. The lowest BCUT2D eigenvalue weighted by molar-refractivity contribution is 0.0827. The number of likely N-dealkylation sites (N-methyl/N-ethyl adjacent to an activating group) is 2. The number of amides is 2. The van der Waals surface area contributed by atoms with E-state index in [0.29, 0.717) is 80.6 Å². The van der Waals surface area contributed by atoms with Crippen LogP contribution in [0.5, 0.6) is 17.2 Å². The monoisotopic (exact) mass is 1140 g/mol. The van der Waals surface area contributed by atoms with Gasteiger partial charge in [-0.2, -0.15) is 0 Å². The fourth-order valence-corrected chi connectivity index (χ4v) is 12.8. The molecule has 4 aliphatic rings. The Kier molecular flexibility index (Phi) is 17.4. The molecule has 4 aromatic carbocycles. The van der Waals surface area contributed by atoms with Crippen LogP contribution in [0, 0.1) is 0 Å². The van der Waals surface area contributed by atoms with Gasteiger partial charge < -0.3 is 55.2 Å². The summed E-state index contributed by atoms with van der Waals surface area (Å²) >= 11 is 5.97. The maximum absolute atomic E-state index is 12.9. The molecular formula is C63H75ClN14O5. The summed E-state index contributed by atoms with van der Waals surface area (Å²) in [7, 11) is 9.20. The van der Waals surface area contributed by atoms with E-state index in [-0.39, 0.29) is 11.8 Å². The van der Waals surface area contributed by atoms with Crippen molar-refractivity contribution in [3.8, 4) is 39.5 Å². The van der Waals surface area contributed by atoms with Crippen molar-refractivity contribution in [3.63, 3.8) is 0 Å². The number of hydrogen-bond donors (Lipinski definition) is 4. The molecule has 0 bridgehead atoms. The minimum atomic E-state index is -0.242. The van der Waals surface area contributed by atoms with Crippen molar-refractivity contribution in [1.82, 2.24) is 48.7 Å². The zero-order valence-electron chi connectivity index (χ0n) is 48.1. The third-order valence-corrected chi connectivity index (χ3v) is 17.7. The third-order valence-electron chi connectivity index (χ3n) is 17.5. The lowest BCUT2D eigenvalue weighted by Gasteiger charge is -2.41. The summed E-state index contributed by atoms with van der Waals surface area (Å²) in [4.78, 5) is 53.9. The topological polar surface area (TPSA) is 212 Å². The van der Waals surface area contributed by atoms with E-state index in [1.807, 2.05) is 36.4 Å². The molecule has 0 radical (unpaired) electrons. The minimum absolute atomic E-state index is 0.231. The number of ether oxygens (including phenoxy) is 3. The molecule has 0 unspecified atom stereocenters. The van der Waals surface area contributed by atoms with Gasteiger partial charge in [-0.05, 0) is 149 Å². The number of carbonyl (C=O) groups is 2. The lowest BCUT2D eigenvalue weighted by atomic mass is 9.89. The van der Waals surface area contributed by atoms with Gasteiger partial charge in [-0.1, -0.05) is 23.7 Å². The van der Waals surface area contributed by atoms with Gasteiger partial charge in [0.15, 0.2) is 0 Å². The molecule has 2 amide bonds. The van der Waals surface area contributed by atoms with Gasteiger partial charge in [0.1, 0.15) is 52.8 Å². The highest BCUT2D eigenvalue weighted by Gasteiger charge is 2.32. The Balaban J connectivity index is 0.000000174. The molecule has 2 saturated heterocycles. The number of benzene rings is 4. The van der Waals surface area contributed by atoms with Gasteiger partial charge in [0.05, 0.1) is 43.5 Å².